The van der Waals surface area contributed by atoms with Gasteiger partial charge in [-0.1, -0.05) is 28.1 Å². The smallest absolute Gasteiger partial charge is 0.0625 e. The topological polar surface area (TPSA) is 23.8 Å². The Morgan fingerprint density at radius 3 is 2.69 bits per heavy atom. The van der Waals surface area contributed by atoms with Crippen molar-refractivity contribution in [3.63, 3.8) is 0 Å². The summed E-state index contributed by atoms with van der Waals surface area (Å²) < 4.78 is 1.17. The van der Waals surface area contributed by atoms with E-state index in [1.54, 1.807) is 0 Å². The number of rotatable bonds is 2. The van der Waals surface area contributed by atoms with E-state index in [4.69, 9.17) is 5.26 Å². The molecule has 0 amide bonds. The molecule has 0 spiro atoms. The second kappa shape index (κ2) is 4.43. The number of nitriles is 1. The highest BCUT2D eigenvalue weighted by atomic mass is 79.9. The molecule has 0 atom stereocenters. The van der Waals surface area contributed by atoms with E-state index in [2.05, 4.69) is 48.0 Å². The molecule has 0 saturated heterocycles. The monoisotopic (exact) mass is 237 g/mol. The van der Waals surface area contributed by atoms with Crippen molar-refractivity contribution in [3.8, 4) is 6.07 Å². The maximum absolute atomic E-state index is 8.48. The number of nitrogens with zero attached hydrogens (tertiary/aromatic N) is 1. The Kier molecular flexibility index (Phi) is 3.50. The van der Waals surface area contributed by atoms with E-state index in [1.165, 1.54) is 21.2 Å². The van der Waals surface area contributed by atoms with E-state index in [-0.39, 0.29) is 0 Å². The van der Waals surface area contributed by atoms with Gasteiger partial charge in [-0.3, -0.25) is 0 Å². The third-order valence-electron chi connectivity index (χ3n) is 2.20. The zero-order valence-electron chi connectivity index (χ0n) is 7.89. The molecule has 0 aliphatic rings. The fourth-order valence-electron chi connectivity index (χ4n) is 1.32. The highest BCUT2D eigenvalue weighted by Crippen LogP contribution is 2.24. The van der Waals surface area contributed by atoms with Crippen LogP contribution in [0.25, 0.3) is 0 Å². The van der Waals surface area contributed by atoms with Crippen LogP contribution in [0.15, 0.2) is 16.6 Å². The average molecular weight is 238 g/mol. The molecule has 0 bridgehead atoms. The van der Waals surface area contributed by atoms with Gasteiger partial charge in [-0.2, -0.15) is 5.26 Å². The fraction of sp³-hybridized carbons (Fsp3) is 0.364. The second-order valence-corrected chi connectivity index (χ2v) is 3.93. The molecule has 0 saturated carbocycles. The molecule has 2 heteroatoms. The molecule has 0 unspecified atom stereocenters. The minimum absolute atomic E-state index is 0.594. The average Bonchev–Trinajstić information content (AvgIpc) is 2.13. The summed E-state index contributed by atoms with van der Waals surface area (Å²) in [6, 6.07) is 6.35. The normalized spacial score (nSPS) is 9.69. The standard InChI is InChI=1S/C11H12BrN/c1-8-5-6-10(4-3-7-13)9(2)11(8)12/h5-6H,3-4H2,1-2H3. The maximum Gasteiger partial charge on any atom is 0.0625 e. The number of aryl methyl sites for hydroxylation is 2. The van der Waals surface area contributed by atoms with Crippen LogP contribution >= 0.6 is 15.9 Å². The first-order chi connectivity index (χ1) is 6.16. The Morgan fingerprint density at radius 2 is 2.08 bits per heavy atom. The minimum Gasteiger partial charge on any atom is -0.198 e. The van der Waals surface area contributed by atoms with Gasteiger partial charge in [0.05, 0.1) is 6.07 Å². The van der Waals surface area contributed by atoms with Gasteiger partial charge in [0, 0.05) is 10.9 Å². The van der Waals surface area contributed by atoms with Crippen molar-refractivity contribution in [2.45, 2.75) is 26.7 Å². The zero-order chi connectivity index (χ0) is 9.84. The van der Waals surface area contributed by atoms with Crippen LogP contribution < -0.4 is 0 Å². The predicted octanol–water partition coefficient (Wildman–Crippen LogP) is 3.52. The Hall–Kier alpha value is -0.810. The summed E-state index contributed by atoms with van der Waals surface area (Å²) in [5.41, 5.74) is 3.77. The van der Waals surface area contributed by atoms with E-state index >= 15 is 0 Å². The lowest BCUT2D eigenvalue weighted by Crippen LogP contribution is -1.91. The van der Waals surface area contributed by atoms with Gasteiger partial charge in [0.15, 0.2) is 0 Å². The van der Waals surface area contributed by atoms with Crippen LogP contribution in [0.1, 0.15) is 23.1 Å². The molecule has 0 aliphatic carbocycles. The van der Waals surface area contributed by atoms with E-state index in [0.29, 0.717) is 6.42 Å². The first kappa shape index (κ1) is 10.3. The van der Waals surface area contributed by atoms with Crippen molar-refractivity contribution in [3.05, 3.63) is 33.3 Å². The summed E-state index contributed by atoms with van der Waals surface area (Å²) in [7, 11) is 0. The van der Waals surface area contributed by atoms with Crippen LogP contribution in [-0.4, -0.2) is 0 Å². The maximum atomic E-state index is 8.48. The van der Waals surface area contributed by atoms with Gasteiger partial charge < -0.3 is 0 Å². The second-order valence-electron chi connectivity index (χ2n) is 3.14. The Balaban J connectivity index is 2.98. The number of halogens is 1. The van der Waals surface area contributed by atoms with Crippen LogP contribution in [0.4, 0.5) is 0 Å². The van der Waals surface area contributed by atoms with Gasteiger partial charge in [-0.25, -0.2) is 0 Å². The highest BCUT2D eigenvalue weighted by Gasteiger charge is 2.03. The largest absolute Gasteiger partial charge is 0.198 e. The Morgan fingerprint density at radius 1 is 1.38 bits per heavy atom. The van der Waals surface area contributed by atoms with Gasteiger partial charge in [0.25, 0.3) is 0 Å². The van der Waals surface area contributed by atoms with Crippen LogP contribution in [0, 0.1) is 25.2 Å². The molecule has 0 aliphatic heterocycles. The number of benzene rings is 1. The molecule has 1 aromatic carbocycles. The van der Waals surface area contributed by atoms with Crippen LogP contribution in [0.3, 0.4) is 0 Å². The number of hydrogen-bond acceptors (Lipinski definition) is 1. The molecular weight excluding hydrogens is 226 g/mol. The van der Waals surface area contributed by atoms with Crippen molar-refractivity contribution in [2.75, 3.05) is 0 Å². The van der Waals surface area contributed by atoms with Gasteiger partial charge in [0.2, 0.25) is 0 Å². The third kappa shape index (κ3) is 2.32. The van der Waals surface area contributed by atoms with E-state index in [9.17, 15) is 0 Å². The van der Waals surface area contributed by atoms with Gasteiger partial charge in [-0.05, 0) is 37.0 Å². The van der Waals surface area contributed by atoms with Crippen molar-refractivity contribution in [1.29, 1.82) is 5.26 Å². The van der Waals surface area contributed by atoms with Gasteiger partial charge in [0.1, 0.15) is 0 Å². The minimum atomic E-state index is 0.594. The summed E-state index contributed by atoms with van der Waals surface area (Å²) >= 11 is 3.54. The summed E-state index contributed by atoms with van der Waals surface area (Å²) in [5.74, 6) is 0. The van der Waals surface area contributed by atoms with Crippen LogP contribution in [-0.2, 0) is 6.42 Å². The molecule has 1 nitrogen and oxygen atoms in total. The quantitative estimate of drug-likeness (QED) is 0.773. The Labute approximate surface area is 87.5 Å². The molecule has 0 heterocycles. The molecule has 1 rings (SSSR count). The lowest BCUT2D eigenvalue weighted by atomic mass is 10.0. The van der Waals surface area contributed by atoms with Crippen molar-refractivity contribution in [2.24, 2.45) is 0 Å². The molecule has 1 aromatic rings. The van der Waals surface area contributed by atoms with E-state index in [0.717, 1.165) is 6.42 Å². The van der Waals surface area contributed by atoms with Crippen molar-refractivity contribution in [1.82, 2.24) is 0 Å². The lowest BCUT2D eigenvalue weighted by molar-refractivity contribution is 0.991. The molecule has 68 valence electrons. The lowest BCUT2D eigenvalue weighted by Gasteiger charge is -2.07. The summed E-state index contributed by atoms with van der Waals surface area (Å²) in [4.78, 5) is 0. The molecule has 0 N–H and O–H groups in total. The molecular formula is C11H12BrN. The molecule has 0 aromatic heterocycles. The summed E-state index contributed by atoms with van der Waals surface area (Å²) in [6.07, 6.45) is 1.44. The van der Waals surface area contributed by atoms with Crippen molar-refractivity contribution < 1.29 is 0 Å². The molecule has 0 radical (unpaired) electrons. The fourth-order valence-corrected chi connectivity index (χ4v) is 1.71. The van der Waals surface area contributed by atoms with Crippen molar-refractivity contribution >= 4 is 15.9 Å². The van der Waals surface area contributed by atoms with E-state index < -0.39 is 0 Å². The van der Waals surface area contributed by atoms with Crippen LogP contribution in [0.5, 0.6) is 0 Å². The molecule has 0 fully saturated rings. The summed E-state index contributed by atoms with van der Waals surface area (Å²) in [5, 5.41) is 8.48. The first-order valence-corrected chi connectivity index (χ1v) is 5.07. The van der Waals surface area contributed by atoms with Crippen LogP contribution in [0.2, 0.25) is 0 Å². The van der Waals surface area contributed by atoms with Gasteiger partial charge in [-0.15, -0.1) is 0 Å². The highest BCUT2D eigenvalue weighted by molar-refractivity contribution is 9.10. The number of hydrogen-bond donors (Lipinski definition) is 0. The third-order valence-corrected chi connectivity index (χ3v) is 3.42. The zero-order valence-corrected chi connectivity index (χ0v) is 9.48. The first-order valence-electron chi connectivity index (χ1n) is 4.28. The molecule has 13 heavy (non-hydrogen) atoms. The summed E-state index contributed by atoms with van der Waals surface area (Å²) in [6.45, 7) is 4.16. The van der Waals surface area contributed by atoms with Gasteiger partial charge >= 0.3 is 0 Å². The predicted molar refractivity (Wildman–Crippen MR) is 57.6 cm³/mol. The Bertz CT molecular complexity index is 350. The van der Waals surface area contributed by atoms with E-state index in [1.807, 2.05) is 0 Å². The SMILES string of the molecule is Cc1ccc(CCC#N)c(C)c1Br.